The number of amides is 2. The molecule has 3 aromatic rings. The molecule has 2 aromatic carbocycles. The highest BCUT2D eigenvalue weighted by molar-refractivity contribution is 7.10. The van der Waals surface area contributed by atoms with Crippen LogP contribution in [0.5, 0.6) is 0 Å². The third-order valence-corrected chi connectivity index (χ3v) is 6.89. The Morgan fingerprint density at radius 3 is 2.40 bits per heavy atom. The number of nitrogens with zero attached hydrogens (tertiary/aromatic N) is 2. The molecule has 182 valence electrons. The van der Waals surface area contributed by atoms with E-state index in [1.165, 1.54) is 23.1 Å². The van der Waals surface area contributed by atoms with Crippen LogP contribution in [0.3, 0.4) is 0 Å². The fourth-order valence-corrected chi connectivity index (χ4v) is 5.11. The van der Waals surface area contributed by atoms with Crippen LogP contribution in [0.4, 0.5) is 17.6 Å². The van der Waals surface area contributed by atoms with E-state index in [9.17, 15) is 27.2 Å². The molecule has 0 N–H and O–H groups in total. The van der Waals surface area contributed by atoms with Crippen molar-refractivity contribution in [1.82, 2.24) is 9.80 Å². The van der Waals surface area contributed by atoms with Crippen molar-refractivity contribution in [2.45, 2.75) is 18.6 Å². The Bertz CT molecular complexity index is 1220. The first kappa shape index (κ1) is 24.7. The molecule has 4 rings (SSSR count). The molecular weight excluding hydrogens is 480 g/mol. The molecular formula is C26H22F4N2O2S. The lowest BCUT2D eigenvalue weighted by atomic mass is 9.93. The zero-order valence-electron chi connectivity index (χ0n) is 18.6. The fourth-order valence-electron chi connectivity index (χ4n) is 4.20. The second-order valence-electron chi connectivity index (χ2n) is 8.14. The summed E-state index contributed by atoms with van der Waals surface area (Å²) in [4.78, 5) is 30.6. The number of fused-ring (bicyclic) bond motifs is 1. The monoisotopic (exact) mass is 502 g/mol. The van der Waals surface area contributed by atoms with E-state index in [4.69, 9.17) is 0 Å². The molecule has 0 spiro atoms. The van der Waals surface area contributed by atoms with Crippen LogP contribution in [0.15, 0.2) is 72.6 Å². The van der Waals surface area contributed by atoms with Crippen molar-refractivity contribution in [2.75, 3.05) is 19.6 Å². The van der Waals surface area contributed by atoms with Gasteiger partial charge in [0.2, 0.25) is 5.91 Å². The van der Waals surface area contributed by atoms with Crippen molar-refractivity contribution in [3.05, 3.63) is 106 Å². The minimum atomic E-state index is -4.51. The van der Waals surface area contributed by atoms with Crippen LogP contribution >= 0.6 is 11.3 Å². The minimum absolute atomic E-state index is 0.0431. The number of hydrogen-bond donors (Lipinski definition) is 0. The summed E-state index contributed by atoms with van der Waals surface area (Å²) in [5.41, 5.74) is 0.901. The highest BCUT2D eigenvalue weighted by atomic mass is 32.1. The molecule has 2 heterocycles. The van der Waals surface area contributed by atoms with Crippen molar-refractivity contribution < 1.29 is 27.2 Å². The van der Waals surface area contributed by atoms with Crippen molar-refractivity contribution in [1.29, 1.82) is 0 Å². The first-order valence-corrected chi connectivity index (χ1v) is 11.8. The van der Waals surface area contributed by atoms with Gasteiger partial charge in [-0.3, -0.25) is 9.59 Å². The Kier molecular flexibility index (Phi) is 7.07. The van der Waals surface area contributed by atoms with E-state index in [2.05, 4.69) is 6.58 Å². The maximum Gasteiger partial charge on any atom is 0.416 e. The first-order chi connectivity index (χ1) is 16.7. The van der Waals surface area contributed by atoms with E-state index in [1.807, 2.05) is 11.4 Å². The second kappa shape index (κ2) is 10.0. The number of rotatable bonds is 6. The van der Waals surface area contributed by atoms with E-state index >= 15 is 0 Å². The van der Waals surface area contributed by atoms with Crippen molar-refractivity contribution in [3.63, 3.8) is 0 Å². The summed E-state index contributed by atoms with van der Waals surface area (Å²) in [6, 6.07) is 11.4. The van der Waals surface area contributed by atoms with Crippen LogP contribution in [-0.4, -0.2) is 41.2 Å². The fraction of sp³-hybridized carbons (Fsp3) is 0.231. The Hall–Kier alpha value is -3.46. The Morgan fingerprint density at radius 1 is 1.09 bits per heavy atom. The van der Waals surface area contributed by atoms with Gasteiger partial charge in [-0.15, -0.1) is 17.9 Å². The van der Waals surface area contributed by atoms with Gasteiger partial charge in [0, 0.05) is 23.5 Å². The van der Waals surface area contributed by atoms with Gasteiger partial charge in [-0.1, -0.05) is 18.2 Å². The van der Waals surface area contributed by atoms with Gasteiger partial charge in [-0.25, -0.2) is 4.39 Å². The third kappa shape index (κ3) is 5.30. The number of carbonyl (C=O) groups excluding carboxylic acids is 2. The van der Waals surface area contributed by atoms with Gasteiger partial charge in [-0.05, 0) is 65.4 Å². The van der Waals surface area contributed by atoms with Gasteiger partial charge >= 0.3 is 6.18 Å². The zero-order chi connectivity index (χ0) is 25.2. The summed E-state index contributed by atoms with van der Waals surface area (Å²) in [6.45, 7) is 3.83. The maximum atomic E-state index is 13.5. The number of thiophene rings is 1. The van der Waals surface area contributed by atoms with Gasteiger partial charge < -0.3 is 9.80 Å². The largest absolute Gasteiger partial charge is 0.416 e. The molecule has 0 aliphatic carbocycles. The number of alkyl halides is 3. The number of carbonyl (C=O) groups is 2. The topological polar surface area (TPSA) is 40.6 Å². The predicted molar refractivity (Wildman–Crippen MR) is 126 cm³/mol. The molecule has 1 unspecified atom stereocenters. The number of hydrogen-bond acceptors (Lipinski definition) is 3. The number of halogens is 4. The molecule has 1 aromatic heterocycles. The molecule has 35 heavy (non-hydrogen) atoms. The van der Waals surface area contributed by atoms with Gasteiger partial charge in [0.25, 0.3) is 5.91 Å². The summed E-state index contributed by atoms with van der Waals surface area (Å²) in [6.07, 6.45) is -2.40. The molecule has 0 radical (unpaired) electrons. The van der Waals surface area contributed by atoms with Crippen molar-refractivity contribution >= 4 is 23.2 Å². The minimum Gasteiger partial charge on any atom is -0.330 e. The van der Waals surface area contributed by atoms with Crippen LogP contribution in [0, 0.1) is 5.82 Å². The normalized spacial score (nSPS) is 15.4. The average Bonchev–Trinajstić information content (AvgIpc) is 3.32. The van der Waals surface area contributed by atoms with Gasteiger partial charge in [0.1, 0.15) is 12.4 Å². The lowest BCUT2D eigenvalue weighted by Crippen LogP contribution is -2.46. The van der Waals surface area contributed by atoms with E-state index < -0.39 is 23.7 Å². The van der Waals surface area contributed by atoms with E-state index in [1.54, 1.807) is 28.4 Å². The molecule has 0 fully saturated rings. The van der Waals surface area contributed by atoms with Gasteiger partial charge in [0.15, 0.2) is 0 Å². The Labute approximate surface area is 204 Å². The molecule has 9 heteroatoms. The molecule has 4 nitrogen and oxygen atoms in total. The summed E-state index contributed by atoms with van der Waals surface area (Å²) >= 11 is 1.60. The van der Waals surface area contributed by atoms with E-state index in [0.29, 0.717) is 13.0 Å². The predicted octanol–water partition coefficient (Wildman–Crippen LogP) is 5.71. The molecule has 0 bridgehead atoms. The highest BCUT2D eigenvalue weighted by Crippen LogP contribution is 2.38. The highest BCUT2D eigenvalue weighted by Gasteiger charge is 2.34. The summed E-state index contributed by atoms with van der Waals surface area (Å²) in [5, 5.41) is 1.95. The Balaban J connectivity index is 1.58. The molecule has 0 saturated carbocycles. The summed E-state index contributed by atoms with van der Waals surface area (Å²) < 4.78 is 52.2. The van der Waals surface area contributed by atoms with Crippen LogP contribution in [-0.2, 0) is 17.4 Å². The van der Waals surface area contributed by atoms with Gasteiger partial charge in [0.05, 0.1) is 11.6 Å². The van der Waals surface area contributed by atoms with E-state index in [0.717, 1.165) is 40.3 Å². The van der Waals surface area contributed by atoms with Crippen molar-refractivity contribution in [3.8, 4) is 0 Å². The SMILES string of the molecule is C=CCN(CC(=O)N1CCc2sccc2C1c1ccc(F)cc1)C(=O)c1ccc(C(F)(F)F)cc1. The average molecular weight is 503 g/mol. The maximum absolute atomic E-state index is 13.5. The standard InChI is InChI=1S/C26H22F4N2O2S/c1-2-13-31(25(34)18-3-7-19(8-4-18)26(28,29)30)16-23(33)32-14-11-22-21(12-15-35-22)24(32)17-5-9-20(27)10-6-17/h2-10,12,15,24H,1,11,13-14,16H2. The molecule has 1 aliphatic heterocycles. The summed E-state index contributed by atoms with van der Waals surface area (Å²) in [7, 11) is 0. The van der Waals surface area contributed by atoms with E-state index in [-0.39, 0.29) is 30.4 Å². The first-order valence-electron chi connectivity index (χ1n) is 10.9. The van der Waals surface area contributed by atoms with Crippen LogP contribution in [0.25, 0.3) is 0 Å². The quantitative estimate of drug-likeness (QED) is 0.320. The summed E-state index contributed by atoms with van der Waals surface area (Å²) in [5.74, 6) is -1.27. The number of benzene rings is 2. The second-order valence-corrected chi connectivity index (χ2v) is 9.14. The Morgan fingerprint density at radius 2 is 1.77 bits per heavy atom. The molecule has 2 amide bonds. The van der Waals surface area contributed by atoms with Gasteiger partial charge in [-0.2, -0.15) is 13.2 Å². The smallest absolute Gasteiger partial charge is 0.330 e. The van der Waals surface area contributed by atoms with Crippen LogP contribution in [0.2, 0.25) is 0 Å². The third-order valence-electron chi connectivity index (χ3n) is 5.89. The van der Waals surface area contributed by atoms with Crippen LogP contribution < -0.4 is 0 Å². The molecule has 0 saturated heterocycles. The zero-order valence-corrected chi connectivity index (χ0v) is 19.4. The van der Waals surface area contributed by atoms with Crippen LogP contribution in [0.1, 0.15) is 38.0 Å². The molecule has 1 aliphatic rings. The lowest BCUT2D eigenvalue weighted by molar-refractivity contribution is -0.137. The molecule has 1 atom stereocenters. The van der Waals surface area contributed by atoms with Crippen molar-refractivity contribution in [2.24, 2.45) is 0 Å². The lowest BCUT2D eigenvalue weighted by Gasteiger charge is -2.37.